The van der Waals surface area contributed by atoms with Crippen LogP contribution in [0, 0.1) is 0 Å². The Labute approximate surface area is 161 Å². The van der Waals surface area contributed by atoms with Crippen molar-refractivity contribution in [1.29, 1.82) is 0 Å². The van der Waals surface area contributed by atoms with Crippen molar-refractivity contribution < 1.29 is 4.79 Å². The quantitative estimate of drug-likeness (QED) is 0.676. The molecule has 0 aliphatic heterocycles. The Morgan fingerprint density at radius 3 is 2.67 bits per heavy atom. The molecule has 3 aromatic rings. The van der Waals surface area contributed by atoms with Crippen LogP contribution in [0.5, 0.6) is 0 Å². The van der Waals surface area contributed by atoms with E-state index in [-0.39, 0.29) is 18.0 Å². The van der Waals surface area contributed by atoms with Crippen LogP contribution >= 0.6 is 11.3 Å². The molecule has 0 aliphatic rings. The molecule has 0 atom stereocenters. The zero-order valence-electron chi connectivity index (χ0n) is 15.7. The maximum Gasteiger partial charge on any atom is 0.273 e. The van der Waals surface area contributed by atoms with Gasteiger partial charge in [-0.2, -0.15) is 4.98 Å². The summed E-state index contributed by atoms with van der Waals surface area (Å²) in [5.41, 5.74) is 2.02. The fraction of sp³-hybridized carbons (Fsp3) is 0.368. The van der Waals surface area contributed by atoms with Crippen molar-refractivity contribution in [3.63, 3.8) is 0 Å². The maximum atomic E-state index is 12.7. The number of hydrogen-bond acceptors (Lipinski definition) is 6. The van der Waals surface area contributed by atoms with Crippen LogP contribution in [0.15, 0.2) is 35.4 Å². The number of amides is 1. The number of carbonyl (C=O) groups is 1. The third-order valence-electron chi connectivity index (χ3n) is 4.39. The van der Waals surface area contributed by atoms with E-state index in [1.54, 1.807) is 0 Å². The van der Waals surface area contributed by atoms with E-state index in [0.29, 0.717) is 10.3 Å². The predicted molar refractivity (Wildman–Crippen MR) is 110 cm³/mol. The van der Waals surface area contributed by atoms with Crippen LogP contribution in [0.3, 0.4) is 0 Å². The number of hydrogen-bond donors (Lipinski definition) is 1. The Morgan fingerprint density at radius 2 is 1.96 bits per heavy atom. The summed E-state index contributed by atoms with van der Waals surface area (Å²) in [4.78, 5) is 36.0. The predicted octanol–water partition coefficient (Wildman–Crippen LogP) is 2.90. The van der Waals surface area contributed by atoms with E-state index < -0.39 is 0 Å². The number of aromatic nitrogens is 3. The Balaban J connectivity index is 1.83. The van der Waals surface area contributed by atoms with Crippen molar-refractivity contribution in [2.45, 2.75) is 33.7 Å². The molecule has 1 aromatic carbocycles. The van der Waals surface area contributed by atoms with Crippen molar-refractivity contribution in [1.82, 2.24) is 14.5 Å². The van der Waals surface area contributed by atoms with Crippen LogP contribution in [0.2, 0.25) is 0 Å². The minimum atomic E-state index is -0.257. The molecule has 3 rings (SSSR count). The number of rotatable bonds is 7. The summed E-state index contributed by atoms with van der Waals surface area (Å²) in [6.07, 6.45) is 2.21. The van der Waals surface area contributed by atoms with Crippen LogP contribution in [-0.2, 0) is 17.8 Å². The van der Waals surface area contributed by atoms with Crippen molar-refractivity contribution in [3.05, 3.63) is 46.5 Å². The average Bonchev–Trinajstić information content (AvgIpc) is 3.10. The van der Waals surface area contributed by atoms with E-state index in [1.165, 1.54) is 22.2 Å². The molecule has 0 spiro atoms. The molecule has 8 heteroatoms. The molecule has 0 radical (unpaired) electrons. The summed E-state index contributed by atoms with van der Waals surface area (Å²) < 4.78 is 1.80. The maximum absolute atomic E-state index is 12.7. The van der Waals surface area contributed by atoms with Crippen LogP contribution in [0.4, 0.5) is 10.8 Å². The van der Waals surface area contributed by atoms with Crippen LogP contribution in [0.25, 0.3) is 10.3 Å². The van der Waals surface area contributed by atoms with Gasteiger partial charge in [0.15, 0.2) is 10.8 Å². The number of nitrogens with zero attached hydrogens (tertiary/aromatic N) is 4. The molecule has 1 amide bonds. The van der Waals surface area contributed by atoms with Gasteiger partial charge in [0, 0.05) is 18.8 Å². The molecule has 27 heavy (non-hydrogen) atoms. The van der Waals surface area contributed by atoms with Crippen molar-refractivity contribution in [2.75, 3.05) is 23.3 Å². The number of carbonyl (C=O) groups excluding carboxylic acids is 1. The number of fused-ring (bicyclic) bond motifs is 1. The normalized spacial score (nSPS) is 10.9. The molecule has 142 valence electrons. The first-order valence-corrected chi connectivity index (χ1v) is 9.87. The summed E-state index contributed by atoms with van der Waals surface area (Å²) in [7, 11) is 0. The molecule has 0 bridgehead atoms. The Morgan fingerprint density at radius 1 is 1.22 bits per heavy atom. The molecule has 0 unspecified atom stereocenters. The zero-order valence-corrected chi connectivity index (χ0v) is 16.5. The molecule has 1 N–H and O–H groups in total. The number of nitrogens with one attached hydrogen (secondary N) is 1. The van der Waals surface area contributed by atoms with Crippen molar-refractivity contribution >= 4 is 38.4 Å². The van der Waals surface area contributed by atoms with Gasteiger partial charge in [-0.25, -0.2) is 4.98 Å². The number of thiazole rings is 1. The molecule has 0 fully saturated rings. The van der Waals surface area contributed by atoms with Gasteiger partial charge < -0.3 is 10.2 Å². The Kier molecular flexibility index (Phi) is 5.85. The van der Waals surface area contributed by atoms with Gasteiger partial charge in [-0.05, 0) is 31.9 Å². The van der Waals surface area contributed by atoms with Gasteiger partial charge in [0.1, 0.15) is 17.6 Å². The van der Waals surface area contributed by atoms with Crippen LogP contribution in [0.1, 0.15) is 26.3 Å². The molecule has 0 aliphatic carbocycles. The van der Waals surface area contributed by atoms with E-state index in [0.717, 1.165) is 35.9 Å². The van der Waals surface area contributed by atoms with Gasteiger partial charge in [-0.3, -0.25) is 14.2 Å². The van der Waals surface area contributed by atoms with Gasteiger partial charge in [-0.15, -0.1) is 0 Å². The lowest BCUT2D eigenvalue weighted by molar-refractivity contribution is -0.116. The highest BCUT2D eigenvalue weighted by Crippen LogP contribution is 2.24. The smallest absolute Gasteiger partial charge is 0.273 e. The minimum absolute atomic E-state index is 0.0850. The molecule has 0 saturated carbocycles. The summed E-state index contributed by atoms with van der Waals surface area (Å²) in [6.45, 7) is 7.65. The highest BCUT2D eigenvalue weighted by Gasteiger charge is 2.15. The lowest BCUT2D eigenvalue weighted by Crippen LogP contribution is -2.27. The van der Waals surface area contributed by atoms with Crippen LogP contribution < -0.4 is 15.8 Å². The van der Waals surface area contributed by atoms with Gasteiger partial charge in [-0.1, -0.05) is 36.5 Å². The number of para-hydroxylation sites is 1. The molecule has 2 heterocycles. The molecule has 7 nitrogen and oxygen atoms in total. The van der Waals surface area contributed by atoms with Gasteiger partial charge >= 0.3 is 0 Å². The van der Waals surface area contributed by atoms with Gasteiger partial charge in [0.2, 0.25) is 5.91 Å². The highest BCUT2D eigenvalue weighted by atomic mass is 32.1. The van der Waals surface area contributed by atoms with E-state index in [1.807, 2.05) is 45.0 Å². The molecular weight excluding hydrogens is 362 g/mol. The second-order valence-electron chi connectivity index (χ2n) is 6.06. The van der Waals surface area contributed by atoms with E-state index in [2.05, 4.69) is 20.2 Å². The minimum Gasteiger partial charge on any atom is -0.349 e. The summed E-state index contributed by atoms with van der Waals surface area (Å²) in [6, 6.07) is 7.65. The fourth-order valence-corrected chi connectivity index (χ4v) is 3.97. The number of benzene rings is 1. The first-order valence-electron chi connectivity index (χ1n) is 9.06. The molecular formula is C19H23N5O2S. The fourth-order valence-electron chi connectivity index (χ4n) is 2.87. The monoisotopic (exact) mass is 385 g/mol. The lowest BCUT2D eigenvalue weighted by Gasteiger charge is -2.15. The zero-order chi connectivity index (χ0) is 19.4. The average molecular weight is 385 g/mol. The van der Waals surface area contributed by atoms with E-state index in [9.17, 15) is 9.59 Å². The highest BCUT2D eigenvalue weighted by molar-refractivity contribution is 7.22. The van der Waals surface area contributed by atoms with Crippen molar-refractivity contribution in [3.8, 4) is 0 Å². The SMILES string of the molecule is CCc1ccccc1NC(=O)Cn1cnc2nc(N(CC)CC)sc2c1=O. The van der Waals surface area contributed by atoms with Crippen LogP contribution in [-0.4, -0.2) is 33.5 Å². The van der Waals surface area contributed by atoms with Gasteiger partial charge in [0.25, 0.3) is 5.56 Å². The number of anilines is 2. The summed E-state index contributed by atoms with van der Waals surface area (Å²) in [5, 5.41) is 3.66. The Hall–Kier alpha value is -2.74. The summed E-state index contributed by atoms with van der Waals surface area (Å²) >= 11 is 1.32. The van der Waals surface area contributed by atoms with E-state index in [4.69, 9.17) is 0 Å². The lowest BCUT2D eigenvalue weighted by atomic mass is 10.1. The largest absolute Gasteiger partial charge is 0.349 e. The molecule has 2 aromatic heterocycles. The second-order valence-corrected chi connectivity index (χ2v) is 7.04. The van der Waals surface area contributed by atoms with E-state index >= 15 is 0 Å². The third-order valence-corrected chi connectivity index (χ3v) is 5.49. The summed E-state index contributed by atoms with van der Waals surface area (Å²) in [5.74, 6) is -0.257. The molecule has 0 saturated heterocycles. The first kappa shape index (κ1) is 19.0. The van der Waals surface area contributed by atoms with Gasteiger partial charge in [0.05, 0.1) is 0 Å². The second kappa shape index (κ2) is 8.30. The van der Waals surface area contributed by atoms with Crippen molar-refractivity contribution in [2.24, 2.45) is 0 Å². The number of aryl methyl sites for hydroxylation is 1. The standard InChI is InChI=1S/C19H23N5O2S/c1-4-13-9-7-8-10-14(13)21-15(25)11-24-12-20-17-16(18(24)26)27-19(22-17)23(5-2)6-3/h7-10,12H,4-6,11H2,1-3H3,(H,21,25). The topological polar surface area (TPSA) is 80.1 Å². The Bertz CT molecular complexity index is 1010. The third kappa shape index (κ3) is 4.00. The first-order chi connectivity index (χ1) is 13.1.